The highest BCUT2D eigenvalue weighted by Crippen LogP contribution is 2.44. The smallest absolute Gasteiger partial charge is 0.312 e. The van der Waals surface area contributed by atoms with E-state index < -0.39 is 26.6 Å². The Hall–Kier alpha value is -3.51. The molecule has 0 saturated heterocycles. The third-order valence-electron chi connectivity index (χ3n) is 5.99. The SMILES string of the molecule is C[C@@]1(Cc2ccc(-c3cncnc3N)cc2)C(=O)N(c2cc(Cl)cc(Cl)c2)c2ncc(S(=O)(=O)O)n21. The highest BCUT2D eigenvalue weighted by molar-refractivity contribution is 7.85. The molecule has 1 aliphatic rings. The maximum Gasteiger partial charge on any atom is 0.312 e. The maximum atomic E-state index is 13.9. The van der Waals surface area contributed by atoms with Gasteiger partial charge in [-0.3, -0.25) is 13.9 Å². The molecule has 3 N–H and O–H groups in total. The summed E-state index contributed by atoms with van der Waals surface area (Å²) in [6, 6.07) is 11.7. The number of nitrogen functional groups attached to an aromatic ring is 1. The Balaban J connectivity index is 1.60. The lowest BCUT2D eigenvalue weighted by atomic mass is 9.91. The Morgan fingerprint density at radius 3 is 2.33 bits per heavy atom. The quantitative estimate of drug-likeness (QED) is 0.357. The molecule has 3 heterocycles. The van der Waals surface area contributed by atoms with Crippen LogP contribution in [0.5, 0.6) is 0 Å². The number of amides is 1. The molecule has 0 spiro atoms. The normalized spacial score (nSPS) is 17.4. The number of rotatable bonds is 5. The van der Waals surface area contributed by atoms with Crippen LogP contribution in [0.3, 0.4) is 0 Å². The second-order valence-corrected chi connectivity index (χ2v) is 10.7. The molecule has 184 valence electrons. The third kappa shape index (κ3) is 3.99. The standard InChI is InChI=1S/C23H18Cl2N6O4S/c1-23(9-13-2-4-14(5-3-13)18-10-27-12-29-20(18)26)21(32)30(17-7-15(24)6-16(25)8-17)22-28-11-19(31(22)23)36(33,34)35/h2-8,10-12H,9H2,1H3,(H2,26,27,29)(H,33,34,35)/t23-/m1/s1. The fourth-order valence-electron chi connectivity index (χ4n) is 4.37. The van der Waals surface area contributed by atoms with Gasteiger partial charge in [0.05, 0.1) is 11.9 Å². The molecule has 1 amide bonds. The first-order valence-electron chi connectivity index (χ1n) is 10.5. The van der Waals surface area contributed by atoms with E-state index in [1.54, 1.807) is 37.4 Å². The number of benzene rings is 2. The summed E-state index contributed by atoms with van der Waals surface area (Å²) in [5.74, 6) is -0.134. The molecule has 13 heteroatoms. The molecule has 36 heavy (non-hydrogen) atoms. The number of carbonyl (C=O) groups is 1. The molecule has 1 aliphatic heterocycles. The highest BCUT2D eigenvalue weighted by atomic mass is 35.5. The molecule has 1 atom stereocenters. The molecule has 2 aromatic heterocycles. The third-order valence-corrected chi connectivity index (χ3v) is 7.25. The molecule has 0 aliphatic carbocycles. The van der Waals surface area contributed by atoms with E-state index in [1.165, 1.54) is 34.0 Å². The van der Waals surface area contributed by atoms with Crippen molar-refractivity contribution in [3.63, 3.8) is 0 Å². The zero-order valence-electron chi connectivity index (χ0n) is 18.6. The molecular formula is C23H18Cl2N6O4S. The van der Waals surface area contributed by atoms with Crippen LogP contribution in [0.15, 0.2) is 66.2 Å². The lowest BCUT2D eigenvalue weighted by molar-refractivity contribution is -0.124. The number of nitrogens with two attached hydrogens (primary N) is 1. The Labute approximate surface area is 216 Å². The van der Waals surface area contributed by atoms with Gasteiger partial charge in [-0.2, -0.15) is 8.42 Å². The summed E-state index contributed by atoms with van der Waals surface area (Å²) in [4.78, 5) is 27.2. The molecule has 0 fully saturated rings. The van der Waals surface area contributed by atoms with E-state index in [4.69, 9.17) is 28.9 Å². The number of hydrogen-bond acceptors (Lipinski definition) is 7. The number of aromatic nitrogens is 4. The Morgan fingerprint density at radius 2 is 1.72 bits per heavy atom. The molecule has 4 aromatic rings. The lowest BCUT2D eigenvalue weighted by Crippen LogP contribution is -2.41. The molecule has 10 nitrogen and oxygen atoms in total. The van der Waals surface area contributed by atoms with Gasteiger partial charge in [-0.15, -0.1) is 0 Å². The van der Waals surface area contributed by atoms with Gasteiger partial charge in [-0.05, 0) is 36.2 Å². The molecule has 0 radical (unpaired) electrons. The molecule has 5 rings (SSSR count). The van der Waals surface area contributed by atoms with Crippen LogP contribution in [0.1, 0.15) is 12.5 Å². The minimum absolute atomic E-state index is 0.0132. The number of carbonyl (C=O) groups excluding carboxylic acids is 1. The Kier molecular flexibility index (Phi) is 5.75. The van der Waals surface area contributed by atoms with E-state index in [0.717, 1.165) is 17.3 Å². The van der Waals surface area contributed by atoms with Gasteiger partial charge in [-0.25, -0.2) is 19.9 Å². The molecule has 0 saturated carbocycles. The second kappa shape index (κ2) is 8.56. The minimum atomic E-state index is -4.70. The zero-order valence-corrected chi connectivity index (χ0v) is 21.0. The topological polar surface area (TPSA) is 144 Å². The van der Waals surface area contributed by atoms with Crippen LogP contribution in [0.2, 0.25) is 10.0 Å². The van der Waals surface area contributed by atoms with Crippen molar-refractivity contribution in [2.75, 3.05) is 10.6 Å². The van der Waals surface area contributed by atoms with Crippen molar-refractivity contribution < 1.29 is 17.8 Å². The predicted molar refractivity (Wildman–Crippen MR) is 135 cm³/mol. The van der Waals surface area contributed by atoms with E-state index in [0.29, 0.717) is 17.1 Å². The van der Waals surface area contributed by atoms with Gasteiger partial charge in [0.25, 0.3) is 5.91 Å². The van der Waals surface area contributed by atoms with Crippen molar-refractivity contribution in [3.05, 3.63) is 76.8 Å². The maximum absolute atomic E-state index is 13.9. The van der Waals surface area contributed by atoms with E-state index in [-0.39, 0.29) is 22.4 Å². The predicted octanol–water partition coefficient (Wildman–Crippen LogP) is 4.11. The van der Waals surface area contributed by atoms with Crippen molar-refractivity contribution in [2.24, 2.45) is 0 Å². The molecule has 0 unspecified atom stereocenters. The van der Waals surface area contributed by atoms with Crippen molar-refractivity contribution >= 4 is 56.7 Å². The number of halogens is 2. The van der Waals surface area contributed by atoms with Crippen LogP contribution in [0, 0.1) is 0 Å². The van der Waals surface area contributed by atoms with Crippen LogP contribution >= 0.6 is 23.2 Å². The Morgan fingerprint density at radius 1 is 1.06 bits per heavy atom. The minimum Gasteiger partial charge on any atom is -0.383 e. The summed E-state index contributed by atoms with van der Waals surface area (Å²) in [6.07, 6.45) is 4.05. The molecule has 0 bridgehead atoms. The monoisotopic (exact) mass is 544 g/mol. The summed E-state index contributed by atoms with van der Waals surface area (Å²) in [5.41, 5.74) is 6.94. The number of nitrogens with zero attached hydrogens (tertiary/aromatic N) is 5. The van der Waals surface area contributed by atoms with Gasteiger partial charge in [-0.1, -0.05) is 47.5 Å². The van der Waals surface area contributed by atoms with Crippen molar-refractivity contribution in [2.45, 2.75) is 23.9 Å². The van der Waals surface area contributed by atoms with E-state index in [9.17, 15) is 17.8 Å². The van der Waals surface area contributed by atoms with Crippen LogP contribution in [0.4, 0.5) is 17.5 Å². The van der Waals surface area contributed by atoms with Crippen LogP contribution in [0.25, 0.3) is 11.1 Å². The fraction of sp³-hybridized carbons (Fsp3) is 0.130. The summed E-state index contributed by atoms with van der Waals surface area (Å²) < 4.78 is 35.5. The Bertz CT molecular complexity index is 1600. The number of hydrogen-bond donors (Lipinski definition) is 2. The van der Waals surface area contributed by atoms with Crippen molar-refractivity contribution in [1.82, 2.24) is 19.5 Å². The number of imidazole rings is 1. The highest BCUT2D eigenvalue weighted by Gasteiger charge is 2.51. The van der Waals surface area contributed by atoms with Gasteiger partial charge in [0.15, 0.2) is 5.03 Å². The zero-order chi connectivity index (χ0) is 25.8. The molecule has 2 aromatic carbocycles. The lowest BCUT2D eigenvalue weighted by Gasteiger charge is -2.26. The average Bonchev–Trinajstić information content (AvgIpc) is 3.33. The summed E-state index contributed by atoms with van der Waals surface area (Å²) >= 11 is 12.3. The number of anilines is 3. The van der Waals surface area contributed by atoms with E-state index in [2.05, 4.69) is 15.0 Å². The first kappa shape index (κ1) is 24.2. The van der Waals surface area contributed by atoms with Crippen molar-refractivity contribution in [1.29, 1.82) is 0 Å². The fourth-order valence-corrected chi connectivity index (χ4v) is 5.59. The van der Waals surface area contributed by atoms with Gasteiger partial charge in [0.1, 0.15) is 17.7 Å². The summed E-state index contributed by atoms with van der Waals surface area (Å²) in [5, 5.41) is 0.0633. The van der Waals surface area contributed by atoms with Gasteiger partial charge >= 0.3 is 10.1 Å². The summed E-state index contributed by atoms with van der Waals surface area (Å²) in [6.45, 7) is 1.58. The average molecular weight is 545 g/mol. The summed E-state index contributed by atoms with van der Waals surface area (Å²) in [7, 11) is -4.70. The van der Waals surface area contributed by atoms with Crippen LogP contribution in [-0.2, 0) is 26.9 Å². The van der Waals surface area contributed by atoms with Crippen molar-refractivity contribution in [3.8, 4) is 11.1 Å². The van der Waals surface area contributed by atoms with Gasteiger partial charge in [0, 0.05) is 28.2 Å². The number of fused-ring (bicyclic) bond motifs is 1. The van der Waals surface area contributed by atoms with E-state index in [1.807, 2.05) is 0 Å². The molecular weight excluding hydrogens is 527 g/mol. The van der Waals surface area contributed by atoms with Crippen LogP contribution in [-0.4, -0.2) is 38.4 Å². The van der Waals surface area contributed by atoms with Gasteiger partial charge < -0.3 is 5.73 Å². The van der Waals surface area contributed by atoms with Gasteiger partial charge in [0.2, 0.25) is 5.95 Å². The first-order chi connectivity index (χ1) is 17.0. The second-order valence-electron chi connectivity index (χ2n) is 8.44. The largest absolute Gasteiger partial charge is 0.383 e. The van der Waals surface area contributed by atoms with E-state index >= 15 is 0 Å². The first-order valence-corrected chi connectivity index (χ1v) is 12.7. The van der Waals surface area contributed by atoms with Crippen LogP contribution < -0.4 is 10.6 Å².